The van der Waals surface area contributed by atoms with E-state index in [0.717, 1.165) is 13.1 Å². The molecule has 0 amide bonds. The first-order valence-electron chi connectivity index (χ1n) is 11.0. The Bertz CT molecular complexity index is 716. The van der Waals surface area contributed by atoms with Crippen molar-refractivity contribution in [3.63, 3.8) is 0 Å². The molecule has 32 heavy (non-hydrogen) atoms. The largest absolute Gasteiger partial charge is 1.00 e. The molecule has 0 aliphatic heterocycles. The van der Waals surface area contributed by atoms with E-state index in [-0.39, 0.29) is 22.4 Å². The van der Waals surface area contributed by atoms with Crippen LogP contribution in [0.3, 0.4) is 0 Å². The summed E-state index contributed by atoms with van der Waals surface area (Å²) < 4.78 is 0.516. The van der Waals surface area contributed by atoms with Crippen molar-refractivity contribution in [3.05, 3.63) is 71.8 Å². The Morgan fingerprint density at radius 1 is 0.688 bits per heavy atom. The summed E-state index contributed by atoms with van der Waals surface area (Å²) in [5.74, 6) is 0. The topological polar surface area (TPSA) is 3.24 Å². The summed E-state index contributed by atoms with van der Waals surface area (Å²) in [4.78, 5) is 2.04. The van der Waals surface area contributed by atoms with Gasteiger partial charge in [-0.2, -0.15) is 0 Å². The molecule has 0 aromatic heterocycles. The number of rotatable bonds is 4. The van der Waals surface area contributed by atoms with Crippen LogP contribution in [0.1, 0.15) is 73.4 Å². The summed E-state index contributed by atoms with van der Waals surface area (Å²) in [5, 5.41) is 1.46. The van der Waals surface area contributed by atoms with Crippen molar-refractivity contribution in [2.24, 2.45) is 0 Å². The summed E-state index contributed by atoms with van der Waals surface area (Å²) in [6, 6.07) is 20.5. The average molecular weight is 673 g/mol. The van der Waals surface area contributed by atoms with Gasteiger partial charge in [0, 0.05) is 21.0 Å². The van der Waals surface area contributed by atoms with Crippen LogP contribution in [0.4, 0.5) is 0 Å². The van der Waals surface area contributed by atoms with Crippen molar-refractivity contribution in [1.29, 1.82) is 0 Å². The van der Waals surface area contributed by atoms with Gasteiger partial charge in [0.25, 0.3) is 0 Å². The minimum Gasteiger partial charge on any atom is -0.411 e. The molecule has 0 aliphatic carbocycles. The number of benzene rings is 2. The fraction of sp³-hybridized carbons (Fsp3) is 0.519. The Balaban J connectivity index is 0.000000617. The van der Waals surface area contributed by atoms with Gasteiger partial charge in [-0.25, -0.2) is 0 Å². The smallest absolute Gasteiger partial charge is 0.411 e. The maximum absolute atomic E-state index is 5.16. The molecule has 0 saturated carbocycles. The molecule has 0 bridgehead atoms. The van der Waals surface area contributed by atoms with Gasteiger partial charge in [0.15, 0.2) is 0 Å². The minimum absolute atomic E-state index is 0. The number of hydrogen-bond acceptors (Lipinski definition) is 2. The fourth-order valence-electron chi connectivity index (χ4n) is 5.17. The van der Waals surface area contributed by atoms with Crippen molar-refractivity contribution in [2.75, 3.05) is 0 Å². The van der Waals surface area contributed by atoms with E-state index in [2.05, 4.69) is 86.6 Å². The Morgan fingerprint density at radius 2 is 0.969 bits per heavy atom. The number of hydrogen-bond donors (Lipinski definition) is 0. The number of nitrogens with zero attached hydrogens (tertiary/aromatic N) is 1. The summed E-state index contributed by atoms with van der Waals surface area (Å²) in [7, 11) is -0.391. The first-order valence-corrected chi connectivity index (χ1v) is 13.4. The van der Waals surface area contributed by atoms with Crippen LogP contribution in [0.25, 0.3) is 0 Å². The van der Waals surface area contributed by atoms with Gasteiger partial charge in [-0.1, -0.05) is 65.0 Å². The summed E-state index contributed by atoms with van der Waals surface area (Å²) >= 11 is 10.3. The first kappa shape index (κ1) is 31.7. The molecule has 1 nitrogen and oxygen atoms in total. The van der Waals surface area contributed by atoms with Crippen molar-refractivity contribution in [1.82, 2.24) is 4.90 Å². The average Bonchev–Trinajstić information content (AvgIpc) is 2.59. The number of thiocarbonyl (C=S) groups is 1. The van der Waals surface area contributed by atoms with E-state index < -0.39 is 7.92 Å². The zero-order valence-electron chi connectivity index (χ0n) is 21.3. The van der Waals surface area contributed by atoms with E-state index >= 15 is 0 Å². The van der Waals surface area contributed by atoms with Crippen LogP contribution in [0.2, 0.25) is 0 Å². The molecule has 0 heterocycles. The maximum atomic E-state index is 5.16. The standard InChI is InChI=1S/C15H15NS2.C12H27P.Au/c17-15(18)16(11-13-7-3-1-4-8-13)12-14-9-5-2-6-10-14;1-10(2,3)13(11(4,5)6)12(7,8)9;/h1-10H,11-12H2,(H,17,18);1-9H3;/q;;+1. The van der Waals surface area contributed by atoms with Crippen molar-refractivity contribution in [3.8, 4) is 0 Å². The summed E-state index contributed by atoms with van der Waals surface area (Å²) in [6.07, 6.45) is 0. The molecule has 0 aliphatic rings. The van der Waals surface area contributed by atoms with E-state index in [4.69, 9.17) is 24.8 Å². The third kappa shape index (κ3) is 11.7. The maximum Gasteiger partial charge on any atom is 1.00 e. The second-order valence-corrected chi connectivity index (χ2v) is 17.5. The Hall–Kier alpha value is -0.280. The van der Waals surface area contributed by atoms with Gasteiger partial charge in [0.1, 0.15) is 0 Å². The van der Waals surface area contributed by atoms with Gasteiger partial charge in [-0.15, -0.1) is 0 Å². The molecule has 0 atom stereocenters. The van der Waals surface area contributed by atoms with Crippen LogP contribution in [-0.4, -0.2) is 24.7 Å². The van der Waals surface area contributed by atoms with Crippen LogP contribution in [0.5, 0.6) is 0 Å². The third-order valence-electron chi connectivity index (χ3n) is 4.94. The molecule has 0 N–H and O–H groups in total. The Labute approximate surface area is 225 Å². The van der Waals surface area contributed by atoms with Gasteiger partial charge in [0.05, 0.1) is 15.5 Å². The normalized spacial score (nSPS) is 11.8. The quantitative estimate of drug-likeness (QED) is 0.140. The van der Waals surface area contributed by atoms with Gasteiger partial charge in [-0.05, 0) is 73.4 Å². The first-order chi connectivity index (χ1) is 14.1. The molecule has 0 saturated heterocycles. The van der Waals surface area contributed by atoms with E-state index in [1.807, 2.05) is 41.3 Å². The molecule has 2 aromatic carbocycles. The van der Waals surface area contributed by atoms with Crippen molar-refractivity contribution >= 4 is 37.1 Å². The SMILES string of the molecule is CC(C)(C)[PH+](C(C)(C)C)C(C)(C)C.S=C([S-])N(Cc1ccccc1)Cc1ccccc1.[Au+]. The molecular weight excluding hydrogens is 630 g/mol. The molecule has 2 rings (SSSR count). The summed E-state index contributed by atoms with van der Waals surface area (Å²) in [6.45, 7) is 23.1. The van der Waals surface area contributed by atoms with Gasteiger partial charge in [0.2, 0.25) is 0 Å². The molecular formula is C27H42AuNPS2+. The van der Waals surface area contributed by atoms with E-state index in [1.54, 1.807) is 0 Å². The van der Waals surface area contributed by atoms with E-state index in [0.29, 0.717) is 19.8 Å². The molecule has 0 spiro atoms. The second kappa shape index (κ2) is 13.6. The second-order valence-electron chi connectivity index (χ2n) is 11.2. The Kier molecular flexibility index (Phi) is 13.4. The zero-order valence-corrected chi connectivity index (χ0v) is 26.1. The fourth-order valence-corrected chi connectivity index (χ4v) is 12.2. The molecule has 0 fully saturated rings. The van der Waals surface area contributed by atoms with Crippen LogP contribution in [-0.2, 0) is 48.1 Å². The van der Waals surface area contributed by atoms with E-state index in [9.17, 15) is 0 Å². The molecule has 0 radical (unpaired) electrons. The van der Waals surface area contributed by atoms with Crippen LogP contribution < -0.4 is 0 Å². The van der Waals surface area contributed by atoms with Crippen LogP contribution >= 0.6 is 20.1 Å². The molecule has 182 valence electrons. The predicted octanol–water partition coefficient (Wildman–Crippen LogP) is 8.11. The Morgan fingerprint density at radius 3 is 1.16 bits per heavy atom. The van der Waals surface area contributed by atoms with Gasteiger partial charge in [-0.3, -0.25) is 0 Å². The van der Waals surface area contributed by atoms with Crippen LogP contribution in [0, 0.1) is 0 Å². The molecule has 5 heteroatoms. The molecule has 0 unspecified atom stereocenters. The minimum atomic E-state index is -0.391. The van der Waals surface area contributed by atoms with Crippen molar-refractivity contribution in [2.45, 2.75) is 90.9 Å². The van der Waals surface area contributed by atoms with E-state index in [1.165, 1.54) is 11.1 Å². The van der Waals surface area contributed by atoms with Gasteiger partial charge >= 0.3 is 22.4 Å². The van der Waals surface area contributed by atoms with Gasteiger partial charge < -0.3 is 29.7 Å². The predicted molar refractivity (Wildman–Crippen MR) is 150 cm³/mol. The molecule has 2 aromatic rings. The zero-order chi connectivity index (χ0) is 23.9. The van der Waals surface area contributed by atoms with Crippen LogP contribution in [0.15, 0.2) is 60.7 Å². The van der Waals surface area contributed by atoms with Crippen molar-refractivity contribution < 1.29 is 22.4 Å². The third-order valence-corrected chi connectivity index (χ3v) is 9.96. The summed E-state index contributed by atoms with van der Waals surface area (Å²) in [5.41, 5.74) is 2.45. The monoisotopic (exact) mass is 672 g/mol.